The Morgan fingerprint density at radius 2 is 2.19 bits per heavy atom. The van der Waals surface area contributed by atoms with Crippen molar-refractivity contribution in [2.75, 3.05) is 6.54 Å². The third-order valence-corrected chi connectivity index (χ3v) is 4.56. The topological polar surface area (TPSA) is 106 Å². The van der Waals surface area contributed by atoms with Crippen molar-refractivity contribution in [2.45, 2.75) is 26.1 Å². The fourth-order valence-corrected chi connectivity index (χ4v) is 3.13. The number of carbonyl (C=O) groups is 2. The smallest absolute Gasteiger partial charge is 0.271 e. The molecule has 1 aliphatic heterocycles. The molecule has 4 heterocycles. The normalized spacial score (nSPS) is 16.0. The lowest BCUT2D eigenvalue weighted by molar-refractivity contribution is 0.0637. The van der Waals surface area contributed by atoms with Crippen molar-refractivity contribution < 1.29 is 14.0 Å². The number of carbonyl (C=O) groups excluding carboxylic acids is 2. The molecule has 0 saturated heterocycles. The van der Waals surface area contributed by atoms with Gasteiger partial charge in [-0.3, -0.25) is 9.59 Å². The van der Waals surface area contributed by atoms with Gasteiger partial charge in [0.05, 0.1) is 36.8 Å². The third kappa shape index (κ3) is 3.31. The van der Waals surface area contributed by atoms with E-state index in [0.717, 1.165) is 0 Å². The van der Waals surface area contributed by atoms with Crippen LogP contribution in [-0.2, 0) is 13.1 Å². The van der Waals surface area contributed by atoms with E-state index in [-0.39, 0.29) is 17.9 Å². The number of fused-ring (bicyclic) bond motifs is 1. The number of aromatic nitrogens is 4. The van der Waals surface area contributed by atoms with Gasteiger partial charge in [0.1, 0.15) is 17.3 Å². The van der Waals surface area contributed by atoms with Crippen LogP contribution in [0.3, 0.4) is 0 Å². The largest absolute Gasteiger partial charge is 0.467 e. The predicted octanol–water partition coefficient (Wildman–Crippen LogP) is 1.41. The van der Waals surface area contributed by atoms with Crippen LogP contribution < -0.4 is 5.32 Å². The molecule has 1 N–H and O–H groups in total. The van der Waals surface area contributed by atoms with Gasteiger partial charge in [-0.05, 0) is 25.1 Å². The molecule has 2 amide bonds. The molecular weight excluding hydrogens is 348 g/mol. The van der Waals surface area contributed by atoms with Gasteiger partial charge in [-0.1, -0.05) is 0 Å². The van der Waals surface area contributed by atoms with E-state index in [1.807, 2.05) is 11.5 Å². The Morgan fingerprint density at radius 1 is 1.30 bits per heavy atom. The highest BCUT2D eigenvalue weighted by Gasteiger charge is 2.31. The van der Waals surface area contributed by atoms with Crippen LogP contribution >= 0.6 is 0 Å². The van der Waals surface area contributed by atoms with Crippen molar-refractivity contribution in [3.05, 3.63) is 65.9 Å². The molecule has 3 aromatic rings. The van der Waals surface area contributed by atoms with E-state index in [0.29, 0.717) is 42.5 Å². The number of hydrogen-bond donors (Lipinski definition) is 1. The van der Waals surface area contributed by atoms with E-state index in [1.54, 1.807) is 35.6 Å². The summed E-state index contributed by atoms with van der Waals surface area (Å²) in [7, 11) is 0. The SMILES string of the molecule is CC1c2nc(C(=O)NCc3ccco3)cn2CCN1C(=O)c1ccnnc1. The minimum atomic E-state index is -0.281. The minimum absolute atomic E-state index is 0.129. The van der Waals surface area contributed by atoms with Crippen LogP contribution in [0, 0.1) is 0 Å². The number of amides is 2. The fourth-order valence-electron chi connectivity index (χ4n) is 3.13. The molecule has 0 bridgehead atoms. The summed E-state index contributed by atoms with van der Waals surface area (Å²) in [6, 6.07) is 4.93. The molecule has 0 radical (unpaired) electrons. The summed E-state index contributed by atoms with van der Waals surface area (Å²) in [5.41, 5.74) is 0.802. The zero-order valence-corrected chi connectivity index (χ0v) is 14.7. The van der Waals surface area contributed by atoms with Gasteiger partial charge in [0.15, 0.2) is 0 Å². The fraction of sp³-hybridized carbons (Fsp3) is 0.278. The molecule has 4 rings (SSSR count). The highest BCUT2D eigenvalue weighted by Crippen LogP contribution is 2.26. The second-order valence-electron chi connectivity index (χ2n) is 6.25. The van der Waals surface area contributed by atoms with Crippen LogP contribution in [-0.4, -0.2) is 43.0 Å². The first-order valence-electron chi connectivity index (χ1n) is 8.59. The highest BCUT2D eigenvalue weighted by molar-refractivity contribution is 5.94. The Hall–Kier alpha value is -3.49. The van der Waals surface area contributed by atoms with Crippen LogP contribution in [0.2, 0.25) is 0 Å². The van der Waals surface area contributed by atoms with Gasteiger partial charge in [0.2, 0.25) is 0 Å². The zero-order chi connectivity index (χ0) is 18.8. The van der Waals surface area contributed by atoms with Crippen LogP contribution in [0.5, 0.6) is 0 Å². The quantitative estimate of drug-likeness (QED) is 0.748. The molecule has 1 atom stereocenters. The lowest BCUT2D eigenvalue weighted by atomic mass is 10.1. The Bertz CT molecular complexity index is 951. The number of nitrogens with one attached hydrogen (secondary N) is 1. The Labute approximate surface area is 155 Å². The Balaban J connectivity index is 1.49. The van der Waals surface area contributed by atoms with Crippen molar-refractivity contribution >= 4 is 11.8 Å². The lowest BCUT2D eigenvalue weighted by Gasteiger charge is -2.33. The third-order valence-electron chi connectivity index (χ3n) is 4.56. The summed E-state index contributed by atoms with van der Waals surface area (Å²) in [5, 5.41) is 10.2. The van der Waals surface area contributed by atoms with E-state index < -0.39 is 0 Å². The van der Waals surface area contributed by atoms with Crippen LogP contribution in [0.15, 0.2) is 47.5 Å². The number of furan rings is 1. The van der Waals surface area contributed by atoms with Gasteiger partial charge in [-0.15, -0.1) is 0 Å². The molecule has 0 spiro atoms. The zero-order valence-electron chi connectivity index (χ0n) is 14.7. The molecule has 0 fully saturated rings. The van der Waals surface area contributed by atoms with Crippen molar-refractivity contribution in [1.29, 1.82) is 0 Å². The van der Waals surface area contributed by atoms with Crippen molar-refractivity contribution in [3.63, 3.8) is 0 Å². The van der Waals surface area contributed by atoms with E-state index in [4.69, 9.17) is 4.42 Å². The van der Waals surface area contributed by atoms with Gasteiger partial charge >= 0.3 is 0 Å². The Morgan fingerprint density at radius 3 is 2.93 bits per heavy atom. The van der Waals surface area contributed by atoms with Crippen molar-refractivity contribution in [2.24, 2.45) is 0 Å². The average molecular weight is 366 g/mol. The van der Waals surface area contributed by atoms with Gasteiger partial charge in [-0.25, -0.2) is 4.98 Å². The molecule has 0 aromatic carbocycles. The first-order valence-corrected chi connectivity index (χ1v) is 8.59. The van der Waals surface area contributed by atoms with Gasteiger partial charge < -0.3 is 19.2 Å². The number of imidazole rings is 1. The highest BCUT2D eigenvalue weighted by atomic mass is 16.3. The summed E-state index contributed by atoms with van der Waals surface area (Å²) in [6.07, 6.45) is 6.22. The molecule has 27 heavy (non-hydrogen) atoms. The van der Waals surface area contributed by atoms with Crippen LogP contribution in [0.1, 0.15) is 45.4 Å². The van der Waals surface area contributed by atoms with Crippen LogP contribution in [0.4, 0.5) is 0 Å². The van der Waals surface area contributed by atoms with E-state index in [9.17, 15) is 9.59 Å². The maximum absolute atomic E-state index is 12.7. The second-order valence-corrected chi connectivity index (χ2v) is 6.25. The monoisotopic (exact) mass is 366 g/mol. The maximum atomic E-state index is 12.7. The molecular formula is C18H18N6O3. The number of nitrogens with zero attached hydrogens (tertiary/aromatic N) is 5. The van der Waals surface area contributed by atoms with E-state index >= 15 is 0 Å². The summed E-state index contributed by atoms with van der Waals surface area (Å²) in [5.74, 6) is 0.940. The van der Waals surface area contributed by atoms with Crippen LogP contribution in [0.25, 0.3) is 0 Å². The maximum Gasteiger partial charge on any atom is 0.271 e. The molecule has 3 aromatic heterocycles. The average Bonchev–Trinajstić information content (AvgIpc) is 3.37. The molecule has 1 aliphatic rings. The second kappa shape index (κ2) is 7.02. The minimum Gasteiger partial charge on any atom is -0.467 e. The molecule has 1 unspecified atom stereocenters. The van der Waals surface area contributed by atoms with Crippen molar-refractivity contribution in [3.8, 4) is 0 Å². The predicted molar refractivity (Wildman–Crippen MR) is 93.6 cm³/mol. The van der Waals surface area contributed by atoms with E-state index in [2.05, 4.69) is 20.5 Å². The number of hydrogen-bond acceptors (Lipinski definition) is 6. The lowest BCUT2D eigenvalue weighted by Crippen LogP contribution is -2.41. The first kappa shape index (κ1) is 17.0. The van der Waals surface area contributed by atoms with E-state index in [1.165, 1.54) is 12.4 Å². The summed E-state index contributed by atoms with van der Waals surface area (Å²) >= 11 is 0. The Kier molecular flexibility index (Phi) is 4.41. The molecule has 9 nitrogen and oxygen atoms in total. The summed E-state index contributed by atoms with van der Waals surface area (Å²) in [4.78, 5) is 31.3. The molecule has 0 aliphatic carbocycles. The number of rotatable bonds is 4. The van der Waals surface area contributed by atoms with Gasteiger partial charge in [0.25, 0.3) is 11.8 Å². The molecule has 9 heteroatoms. The summed E-state index contributed by atoms with van der Waals surface area (Å²) < 4.78 is 7.12. The molecule has 138 valence electrons. The summed E-state index contributed by atoms with van der Waals surface area (Å²) in [6.45, 7) is 3.29. The first-order chi connectivity index (χ1) is 13.1. The molecule has 0 saturated carbocycles. The standard InChI is InChI=1S/C18H18N6O3/c1-12-16-22-15(17(25)19-10-14-3-2-8-27-14)11-23(16)6-7-24(12)18(26)13-4-5-20-21-9-13/h2-5,8-9,11-12H,6-7,10H2,1H3,(H,19,25). The van der Waals surface area contributed by atoms with Gasteiger partial charge in [0, 0.05) is 19.3 Å². The van der Waals surface area contributed by atoms with Crippen molar-refractivity contribution in [1.82, 2.24) is 30.0 Å². The van der Waals surface area contributed by atoms with Gasteiger partial charge in [-0.2, -0.15) is 10.2 Å².